The highest BCUT2D eigenvalue weighted by Gasteiger charge is 2.14. The van der Waals surface area contributed by atoms with Crippen molar-refractivity contribution in [3.8, 4) is 11.1 Å². The average Bonchev–Trinajstić information content (AvgIpc) is 3.25. The summed E-state index contributed by atoms with van der Waals surface area (Å²) < 4.78 is 0. The SMILES string of the molecule is C=Cc1ccc(C)cc1.Cc1ccc(N(c2ccccc2)c2ccc(-c3ccc(N(c4ccccc4)c4ccccc4)cc3)cc2)cc1.Cc1ccc2c(c1)CC2. The number of hydrogen-bond acceptors (Lipinski definition) is 2. The Kier molecular flexibility index (Phi) is 12.5. The van der Waals surface area contributed by atoms with Gasteiger partial charge in [0.2, 0.25) is 0 Å². The smallest absolute Gasteiger partial charge is 0.0462 e. The summed E-state index contributed by atoms with van der Waals surface area (Å²) >= 11 is 0. The van der Waals surface area contributed by atoms with Crippen molar-refractivity contribution >= 4 is 40.2 Å². The first-order valence-electron chi connectivity index (χ1n) is 19.8. The molecule has 0 saturated heterocycles. The van der Waals surface area contributed by atoms with Crippen LogP contribution in [0.25, 0.3) is 17.2 Å². The monoisotopic (exact) mass is 738 g/mol. The van der Waals surface area contributed by atoms with Crippen molar-refractivity contribution in [2.45, 2.75) is 33.6 Å². The van der Waals surface area contributed by atoms with Crippen LogP contribution in [0.5, 0.6) is 0 Å². The van der Waals surface area contributed by atoms with Crippen LogP contribution in [0.4, 0.5) is 34.1 Å². The summed E-state index contributed by atoms with van der Waals surface area (Å²) in [4.78, 5) is 4.58. The second-order valence-electron chi connectivity index (χ2n) is 14.5. The molecule has 0 atom stereocenters. The van der Waals surface area contributed by atoms with Crippen LogP contribution in [0, 0.1) is 20.8 Å². The van der Waals surface area contributed by atoms with Crippen molar-refractivity contribution < 1.29 is 0 Å². The predicted octanol–water partition coefficient (Wildman–Crippen LogP) is 15.3. The number of para-hydroxylation sites is 3. The first-order chi connectivity index (χ1) is 27.9. The Morgan fingerprint density at radius 1 is 0.351 bits per heavy atom. The fraction of sp³-hybridized carbons (Fsp3) is 0.0909. The lowest BCUT2D eigenvalue weighted by atomic mass is 9.88. The lowest BCUT2D eigenvalue weighted by Gasteiger charge is -2.26. The van der Waals surface area contributed by atoms with Gasteiger partial charge in [-0.2, -0.15) is 0 Å². The maximum atomic E-state index is 3.66. The van der Waals surface area contributed by atoms with Crippen molar-refractivity contribution in [1.82, 2.24) is 0 Å². The summed E-state index contributed by atoms with van der Waals surface area (Å²) in [7, 11) is 0. The molecule has 0 aliphatic heterocycles. The van der Waals surface area contributed by atoms with Crippen molar-refractivity contribution in [1.29, 1.82) is 0 Å². The molecule has 9 rings (SSSR count). The van der Waals surface area contributed by atoms with Gasteiger partial charge in [0.05, 0.1) is 0 Å². The van der Waals surface area contributed by atoms with Gasteiger partial charge in [-0.15, -0.1) is 0 Å². The van der Waals surface area contributed by atoms with Gasteiger partial charge in [0.25, 0.3) is 0 Å². The molecular weight excluding hydrogens is 689 g/mol. The van der Waals surface area contributed by atoms with E-state index in [1.54, 1.807) is 11.1 Å². The highest BCUT2D eigenvalue weighted by molar-refractivity contribution is 5.80. The quantitative estimate of drug-likeness (QED) is 0.153. The van der Waals surface area contributed by atoms with E-state index < -0.39 is 0 Å². The summed E-state index contributed by atoms with van der Waals surface area (Å²) in [5.74, 6) is 0. The van der Waals surface area contributed by atoms with Gasteiger partial charge in [-0.3, -0.25) is 0 Å². The number of rotatable bonds is 8. The van der Waals surface area contributed by atoms with E-state index >= 15 is 0 Å². The van der Waals surface area contributed by atoms with E-state index in [4.69, 9.17) is 0 Å². The largest absolute Gasteiger partial charge is 0.311 e. The Morgan fingerprint density at radius 3 is 1.02 bits per heavy atom. The Hall–Kier alpha value is -6.90. The number of hydrogen-bond donors (Lipinski definition) is 0. The van der Waals surface area contributed by atoms with Gasteiger partial charge < -0.3 is 9.80 Å². The van der Waals surface area contributed by atoms with Crippen LogP contribution in [0.1, 0.15) is 33.4 Å². The second kappa shape index (κ2) is 18.6. The lowest BCUT2D eigenvalue weighted by molar-refractivity contribution is 0.837. The molecule has 0 bridgehead atoms. The van der Waals surface area contributed by atoms with E-state index in [9.17, 15) is 0 Å². The summed E-state index contributed by atoms with van der Waals surface area (Å²) in [5, 5.41) is 0. The molecule has 0 amide bonds. The number of benzene rings is 8. The van der Waals surface area contributed by atoms with E-state index in [0.717, 1.165) is 34.1 Å². The third-order valence-electron chi connectivity index (χ3n) is 10.3. The van der Waals surface area contributed by atoms with Gasteiger partial charge >= 0.3 is 0 Å². The molecule has 2 nitrogen and oxygen atoms in total. The van der Waals surface area contributed by atoms with Crippen LogP contribution >= 0.6 is 0 Å². The summed E-state index contributed by atoms with van der Waals surface area (Å²) in [6.07, 6.45) is 4.45. The molecule has 1 aliphatic carbocycles. The molecule has 0 unspecified atom stereocenters. The number of aryl methyl sites for hydroxylation is 5. The molecular formula is C55H50N2. The van der Waals surface area contributed by atoms with Crippen LogP contribution in [-0.4, -0.2) is 0 Å². The molecule has 0 fully saturated rings. The lowest BCUT2D eigenvalue weighted by Crippen LogP contribution is -2.09. The molecule has 1 aliphatic rings. The minimum Gasteiger partial charge on any atom is -0.311 e. The molecule has 57 heavy (non-hydrogen) atoms. The molecule has 0 aromatic heterocycles. The van der Waals surface area contributed by atoms with Gasteiger partial charge in [-0.1, -0.05) is 163 Å². The van der Waals surface area contributed by atoms with Crippen molar-refractivity contribution in [3.05, 3.63) is 246 Å². The zero-order valence-corrected chi connectivity index (χ0v) is 33.2. The molecule has 280 valence electrons. The normalized spacial score (nSPS) is 11.0. The minimum atomic E-state index is 1.13. The summed E-state index contributed by atoms with van der Waals surface area (Å²) in [5.41, 5.74) is 17.4. The first kappa shape index (κ1) is 38.4. The number of anilines is 6. The highest BCUT2D eigenvalue weighted by Crippen LogP contribution is 2.38. The maximum Gasteiger partial charge on any atom is 0.0462 e. The van der Waals surface area contributed by atoms with Gasteiger partial charge in [-0.25, -0.2) is 0 Å². The second-order valence-corrected chi connectivity index (χ2v) is 14.5. The number of nitrogens with zero attached hydrogens (tertiary/aromatic N) is 2. The Balaban J connectivity index is 0.000000224. The zero-order chi connectivity index (χ0) is 39.4. The van der Waals surface area contributed by atoms with Gasteiger partial charge in [0, 0.05) is 34.1 Å². The third-order valence-corrected chi connectivity index (χ3v) is 10.3. The van der Waals surface area contributed by atoms with Gasteiger partial charge in [0.15, 0.2) is 0 Å². The summed E-state index contributed by atoms with van der Waals surface area (Å²) in [6, 6.07) is 72.9. The molecule has 2 heteroatoms. The Morgan fingerprint density at radius 2 is 0.684 bits per heavy atom. The number of fused-ring (bicyclic) bond motifs is 1. The standard InChI is InChI=1S/C37H30N2.2C9H10/c1-29-17-23-35(24-18-29)39(34-15-9-4-10-16-34)37-27-21-31(22-28-37)30-19-25-36(26-20-30)38(32-11-5-2-6-12-32)33-13-7-3-8-14-33;1-7-2-3-8-4-5-9(8)6-7;1-3-9-6-4-8(2)5-7-9/h2-28H,1H3;2-3,6H,4-5H2,1H3;3-7H,1H2,2H3. The predicted molar refractivity (Wildman–Crippen MR) is 246 cm³/mol. The highest BCUT2D eigenvalue weighted by atomic mass is 15.1. The van der Waals surface area contributed by atoms with E-state index in [1.807, 2.05) is 6.08 Å². The van der Waals surface area contributed by atoms with Crippen LogP contribution in [0.3, 0.4) is 0 Å². The molecule has 8 aromatic carbocycles. The third kappa shape index (κ3) is 9.86. The van der Waals surface area contributed by atoms with E-state index in [-0.39, 0.29) is 0 Å². The zero-order valence-electron chi connectivity index (χ0n) is 33.2. The van der Waals surface area contributed by atoms with E-state index in [0.29, 0.717) is 0 Å². The van der Waals surface area contributed by atoms with Crippen molar-refractivity contribution in [3.63, 3.8) is 0 Å². The van der Waals surface area contributed by atoms with Gasteiger partial charge in [-0.05, 0) is 134 Å². The fourth-order valence-electron chi connectivity index (χ4n) is 6.95. The Labute approximate surface area is 339 Å². The molecule has 0 N–H and O–H groups in total. The molecule has 0 saturated carbocycles. The van der Waals surface area contributed by atoms with Crippen LogP contribution in [0.2, 0.25) is 0 Å². The van der Waals surface area contributed by atoms with Crippen molar-refractivity contribution in [2.24, 2.45) is 0 Å². The minimum absolute atomic E-state index is 1.13. The van der Waals surface area contributed by atoms with Crippen LogP contribution in [0.15, 0.2) is 213 Å². The van der Waals surface area contributed by atoms with Crippen molar-refractivity contribution in [2.75, 3.05) is 9.80 Å². The van der Waals surface area contributed by atoms with Gasteiger partial charge in [0.1, 0.15) is 0 Å². The Bertz CT molecular complexity index is 2410. The molecule has 0 radical (unpaired) electrons. The molecule has 0 heterocycles. The van der Waals surface area contributed by atoms with Crippen LogP contribution < -0.4 is 9.80 Å². The molecule has 0 spiro atoms. The fourth-order valence-corrected chi connectivity index (χ4v) is 6.95. The summed E-state index contributed by atoms with van der Waals surface area (Å²) in [6.45, 7) is 10.0. The average molecular weight is 739 g/mol. The van der Waals surface area contributed by atoms with Crippen LogP contribution in [-0.2, 0) is 12.8 Å². The first-order valence-corrected chi connectivity index (χ1v) is 19.8. The molecule has 8 aromatic rings. The van der Waals surface area contributed by atoms with E-state index in [1.165, 1.54) is 46.2 Å². The van der Waals surface area contributed by atoms with E-state index in [2.05, 4.69) is 243 Å². The topological polar surface area (TPSA) is 6.48 Å². The maximum absolute atomic E-state index is 3.66.